The number of ether oxygens (including phenoxy) is 1. The van der Waals surface area contributed by atoms with Gasteiger partial charge in [-0.1, -0.05) is 25.1 Å². The van der Waals surface area contributed by atoms with E-state index >= 15 is 0 Å². The molecule has 3 N–H and O–H groups in total. The van der Waals surface area contributed by atoms with Gasteiger partial charge >= 0.3 is 5.97 Å². The molecule has 0 saturated carbocycles. The van der Waals surface area contributed by atoms with Crippen molar-refractivity contribution in [3.63, 3.8) is 0 Å². The van der Waals surface area contributed by atoms with E-state index in [1.165, 1.54) is 0 Å². The van der Waals surface area contributed by atoms with Crippen LogP contribution in [-0.2, 0) is 11.3 Å². The Hall–Kier alpha value is -3.51. The molecule has 38 heavy (non-hydrogen) atoms. The Morgan fingerprint density at radius 3 is 2.71 bits per heavy atom. The lowest BCUT2D eigenvalue weighted by Crippen LogP contribution is -2.34. The maximum absolute atomic E-state index is 11.9. The molecular weight excluding hydrogens is 506 g/mol. The van der Waals surface area contributed by atoms with E-state index in [9.17, 15) is 19.0 Å². The number of aromatic nitrogens is 4. The highest BCUT2D eigenvalue weighted by molar-refractivity contribution is 8.22. The number of carboxylic acids is 1. The third-order valence-corrected chi connectivity index (χ3v) is 8.94. The molecule has 4 heterocycles. The van der Waals surface area contributed by atoms with Gasteiger partial charge in [-0.15, -0.1) is 21.0 Å². The molecule has 200 valence electrons. The SMILES string of the molecule is CC[C@@H]1CN(Cc2cc(C(CC(=O)O)c3ccn4c(C)nnc4c3)ccc2C)S(O)(O)c2cccnc2O1. The van der Waals surface area contributed by atoms with E-state index in [2.05, 4.69) is 15.2 Å². The first kappa shape index (κ1) is 26.1. The number of nitrogens with zero attached hydrogens (tertiary/aromatic N) is 5. The lowest BCUT2D eigenvalue weighted by Gasteiger charge is -2.41. The molecule has 5 rings (SSSR count). The van der Waals surface area contributed by atoms with Gasteiger partial charge in [-0.2, -0.15) is 4.31 Å². The second kappa shape index (κ2) is 10.3. The molecule has 4 aromatic rings. The minimum Gasteiger partial charge on any atom is -0.481 e. The molecule has 0 spiro atoms. The van der Waals surface area contributed by atoms with Gasteiger partial charge in [0.15, 0.2) is 5.65 Å². The Bertz CT molecular complexity index is 1490. The van der Waals surface area contributed by atoms with Gasteiger partial charge in [0, 0.05) is 24.9 Å². The van der Waals surface area contributed by atoms with Crippen LogP contribution < -0.4 is 4.74 Å². The van der Waals surface area contributed by atoms with Gasteiger partial charge in [0.1, 0.15) is 16.8 Å². The molecule has 0 aliphatic carbocycles. The first-order chi connectivity index (χ1) is 18.2. The molecule has 0 saturated heterocycles. The third kappa shape index (κ3) is 4.97. The molecule has 3 aromatic heterocycles. The molecule has 1 aromatic carbocycles. The smallest absolute Gasteiger partial charge is 0.304 e. The minimum atomic E-state index is -3.37. The van der Waals surface area contributed by atoms with Crippen molar-refractivity contribution in [3.05, 3.63) is 82.9 Å². The summed E-state index contributed by atoms with van der Waals surface area (Å²) in [5.74, 6) is -0.340. The zero-order valence-corrected chi connectivity index (χ0v) is 22.3. The summed E-state index contributed by atoms with van der Waals surface area (Å²) in [6.45, 7) is 6.36. The first-order valence-electron chi connectivity index (χ1n) is 12.4. The lowest BCUT2D eigenvalue weighted by molar-refractivity contribution is -0.137. The van der Waals surface area contributed by atoms with Crippen LogP contribution in [0.15, 0.2) is 59.8 Å². The van der Waals surface area contributed by atoms with E-state index in [1.807, 2.05) is 61.7 Å². The largest absolute Gasteiger partial charge is 0.481 e. The van der Waals surface area contributed by atoms with Crippen molar-refractivity contribution >= 4 is 22.4 Å². The van der Waals surface area contributed by atoms with Gasteiger partial charge in [-0.3, -0.25) is 18.3 Å². The number of hydrogen-bond donors (Lipinski definition) is 3. The molecular formula is C27H31N5O5S. The Morgan fingerprint density at radius 1 is 1.16 bits per heavy atom. The predicted octanol–water partition coefficient (Wildman–Crippen LogP) is 5.05. The summed E-state index contributed by atoms with van der Waals surface area (Å²) in [4.78, 5) is 16.4. The number of benzene rings is 1. The predicted molar refractivity (Wildman–Crippen MR) is 143 cm³/mol. The zero-order valence-electron chi connectivity index (χ0n) is 21.5. The lowest BCUT2D eigenvalue weighted by atomic mass is 9.87. The maximum atomic E-state index is 11.9. The number of fused-ring (bicyclic) bond motifs is 2. The molecule has 0 radical (unpaired) electrons. The summed E-state index contributed by atoms with van der Waals surface area (Å²) in [7, 11) is -3.37. The number of carboxylic acid groups (broad SMARTS) is 1. The Balaban J connectivity index is 1.52. The van der Waals surface area contributed by atoms with Crippen LogP contribution in [-0.4, -0.2) is 56.7 Å². The van der Waals surface area contributed by atoms with Crippen molar-refractivity contribution < 1.29 is 23.7 Å². The van der Waals surface area contributed by atoms with Crippen LogP contribution in [0.5, 0.6) is 5.88 Å². The van der Waals surface area contributed by atoms with Gasteiger partial charge in [0.05, 0.1) is 13.0 Å². The monoisotopic (exact) mass is 537 g/mol. The minimum absolute atomic E-state index is 0.102. The van der Waals surface area contributed by atoms with E-state index in [4.69, 9.17) is 4.74 Å². The van der Waals surface area contributed by atoms with E-state index in [1.54, 1.807) is 22.6 Å². The maximum Gasteiger partial charge on any atom is 0.304 e. The second-order valence-corrected chi connectivity index (χ2v) is 11.6. The molecule has 1 unspecified atom stereocenters. The highest BCUT2D eigenvalue weighted by Crippen LogP contribution is 2.57. The molecule has 10 nitrogen and oxygen atoms in total. The van der Waals surface area contributed by atoms with Gasteiger partial charge in [0.2, 0.25) is 5.88 Å². The van der Waals surface area contributed by atoms with Gasteiger partial charge in [-0.05, 0) is 66.8 Å². The van der Waals surface area contributed by atoms with Crippen molar-refractivity contribution in [3.8, 4) is 5.88 Å². The highest BCUT2D eigenvalue weighted by Gasteiger charge is 2.35. The molecule has 11 heteroatoms. The fraction of sp³-hybridized carbons (Fsp3) is 0.333. The fourth-order valence-electron chi connectivity index (χ4n) is 4.82. The third-order valence-electron chi connectivity index (χ3n) is 7.04. The van der Waals surface area contributed by atoms with Crippen LogP contribution in [0.2, 0.25) is 0 Å². The van der Waals surface area contributed by atoms with Crippen molar-refractivity contribution in [2.45, 2.75) is 57.1 Å². The van der Waals surface area contributed by atoms with Crippen LogP contribution >= 0.6 is 10.8 Å². The number of aliphatic carboxylic acids is 1. The molecule has 1 aliphatic rings. The van der Waals surface area contributed by atoms with Crippen molar-refractivity contribution in [2.75, 3.05) is 6.54 Å². The van der Waals surface area contributed by atoms with Gasteiger partial charge in [0.25, 0.3) is 0 Å². The number of aryl methyl sites for hydroxylation is 2. The Morgan fingerprint density at radius 2 is 1.95 bits per heavy atom. The number of carbonyl (C=O) groups is 1. The summed E-state index contributed by atoms with van der Waals surface area (Å²) in [6.07, 6.45) is 3.73. The van der Waals surface area contributed by atoms with Crippen molar-refractivity contribution in [2.24, 2.45) is 0 Å². The molecule has 0 fully saturated rings. The van der Waals surface area contributed by atoms with Crippen molar-refractivity contribution in [1.82, 2.24) is 23.9 Å². The normalized spacial score (nSPS) is 18.8. The van der Waals surface area contributed by atoms with E-state index < -0.39 is 22.7 Å². The average Bonchev–Trinajstić information content (AvgIpc) is 3.22. The molecule has 1 aliphatic heterocycles. The summed E-state index contributed by atoms with van der Waals surface area (Å²) in [5, 5.41) is 18.0. The number of hydrogen-bond acceptors (Lipinski definition) is 8. The Kier molecular flexibility index (Phi) is 7.10. The number of rotatable bonds is 7. The first-order valence-corrected chi connectivity index (χ1v) is 13.9. The summed E-state index contributed by atoms with van der Waals surface area (Å²) < 4.78 is 32.2. The average molecular weight is 538 g/mol. The molecule has 2 atom stereocenters. The van der Waals surface area contributed by atoms with Gasteiger partial charge in [-0.25, -0.2) is 4.98 Å². The summed E-state index contributed by atoms with van der Waals surface area (Å²) in [5.41, 5.74) is 4.13. The topological polar surface area (TPSA) is 133 Å². The molecule has 0 bridgehead atoms. The Labute approximate surface area is 222 Å². The van der Waals surface area contributed by atoms with Crippen LogP contribution in [0.1, 0.15) is 53.8 Å². The second-order valence-electron chi connectivity index (χ2n) is 9.57. The summed E-state index contributed by atoms with van der Waals surface area (Å²) in [6, 6.07) is 12.9. The fourth-order valence-corrected chi connectivity index (χ4v) is 6.39. The van der Waals surface area contributed by atoms with Crippen LogP contribution in [0.25, 0.3) is 5.65 Å². The van der Waals surface area contributed by atoms with Crippen LogP contribution in [0.4, 0.5) is 0 Å². The van der Waals surface area contributed by atoms with Crippen LogP contribution in [0, 0.1) is 13.8 Å². The zero-order chi connectivity index (χ0) is 27.0. The van der Waals surface area contributed by atoms with E-state index in [0.29, 0.717) is 18.6 Å². The van der Waals surface area contributed by atoms with Crippen LogP contribution in [0.3, 0.4) is 0 Å². The summed E-state index contributed by atoms with van der Waals surface area (Å²) >= 11 is 0. The standard InChI is InChI=1S/C27H31N5O5S/c1-4-22-16-31(38(35,36)24-6-5-10-28-27(24)37-22)15-21-12-19(8-7-17(21)2)23(14-26(33)34)20-9-11-32-18(3)29-30-25(32)13-20/h5-13,22-23,35-36H,4,14-16H2,1-3H3,(H,33,34)/t22-,23?/m1/s1. The van der Waals surface area contributed by atoms with E-state index in [-0.39, 0.29) is 29.8 Å². The van der Waals surface area contributed by atoms with Gasteiger partial charge < -0.3 is 9.84 Å². The highest BCUT2D eigenvalue weighted by atomic mass is 32.3. The van der Waals surface area contributed by atoms with Crippen molar-refractivity contribution in [1.29, 1.82) is 0 Å². The quantitative estimate of drug-likeness (QED) is 0.296. The molecule has 0 amide bonds. The number of pyridine rings is 2. The van der Waals surface area contributed by atoms with E-state index in [0.717, 1.165) is 28.1 Å².